The summed E-state index contributed by atoms with van der Waals surface area (Å²) in [5.74, 6) is 0. The minimum atomic E-state index is -4.43. The summed E-state index contributed by atoms with van der Waals surface area (Å²) in [5, 5.41) is 21.4. The summed E-state index contributed by atoms with van der Waals surface area (Å²) in [6.07, 6.45) is -6.37. The number of rotatable bonds is 8. The standard InChI is InChI=1S/C12H15F4N3O/c1-10(19-20-6-2-5-13)7-11(8-17,9-18)3-4-12(14,15)16/h2-7H2,1H3. The largest absolute Gasteiger partial charge is 0.396 e. The van der Waals surface area contributed by atoms with Crippen LogP contribution in [0.3, 0.4) is 0 Å². The first-order chi connectivity index (χ1) is 9.28. The predicted octanol–water partition coefficient (Wildman–Crippen LogP) is 3.50. The average Bonchev–Trinajstić information content (AvgIpc) is 2.39. The van der Waals surface area contributed by atoms with E-state index < -0.39 is 31.1 Å². The van der Waals surface area contributed by atoms with E-state index in [9.17, 15) is 17.6 Å². The van der Waals surface area contributed by atoms with E-state index in [1.165, 1.54) is 6.92 Å². The van der Waals surface area contributed by atoms with Gasteiger partial charge in [-0.1, -0.05) is 5.16 Å². The lowest BCUT2D eigenvalue weighted by atomic mass is 9.81. The Hall–Kier alpha value is -1.83. The molecule has 0 fully saturated rings. The van der Waals surface area contributed by atoms with E-state index in [1.807, 2.05) is 0 Å². The predicted molar refractivity (Wildman–Crippen MR) is 63.2 cm³/mol. The summed E-state index contributed by atoms with van der Waals surface area (Å²) in [6, 6.07) is 3.23. The third kappa shape index (κ3) is 7.57. The number of hydrogen-bond donors (Lipinski definition) is 0. The molecular weight excluding hydrogens is 278 g/mol. The van der Waals surface area contributed by atoms with E-state index in [4.69, 9.17) is 15.4 Å². The Labute approximate surface area is 114 Å². The average molecular weight is 293 g/mol. The topological polar surface area (TPSA) is 69.2 Å². The monoisotopic (exact) mass is 293 g/mol. The van der Waals surface area contributed by atoms with Gasteiger partial charge in [0.1, 0.15) is 12.0 Å². The van der Waals surface area contributed by atoms with Gasteiger partial charge in [0.2, 0.25) is 0 Å². The van der Waals surface area contributed by atoms with Gasteiger partial charge in [-0.2, -0.15) is 23.7 Å². The fraction of sp³-hybridized carbons (Fsp3) is 0.750. The van der Waals surface area contributed by atoms with Crippen LogP contribution in [-0.2, 0) is 4.84 Å². The second-order valence-electron chi connectivity index (χ2n) is 4.30. The van der Waals surface area contributed by atoms with Gasteiger partial charge in [0, 0.05) is 19.3 Å². The maximum atomic E-state index is 12.2. The maximum absolute atomic E-state index is 12.2. The zero-order valence-electron chi connectivity index (χ0n) is 11.0. The third-order valence-corrected chi connectivity index (χ3v) is 2.41. The van der Waals surface area contributed by atoms with Crippen LogP contribution in [0.15, 0.2) is 5.16 Å². The lowest BCUT2D eigenvalue weighted by molar-refractivity contribution is -0.138. The van der Waals surface area contributed by atoms with Gasteiger partial charge < -0.3 is 4.84 Å². The summed E-state index contributed by atoms with van der Waals surface area (Å²) in [5.41, 5.74) is -1.57. The molecule has 0 heterocycles. The first-order valence-electron chi connectivity index (χ1n) is 5.89. The van der Waals surface area contributed by atoms with Crippen molar-refractivity contribution in [1.29, 1.82) is 10.5 Å². The number of hydrogen-bond acceptors (Lipinski definition) is 4. The molecular formula is C12H15F4N3O. The summed E-state index contributed by atoms with van der Waals surface area (Å²) in [7, 11) is 0. The molecule has 0 atom stereocenters. The smallest absolute Gasteiger partial charge is 0.389 e. The van der Waals surface area contributed by atoms with Crippen LogP contribution in [0, 0.1) is 28.1 Å². The molecule has 112 valence electrons. The van der Waals surface area contributed by atoms with Gasteiger partial charge in [0.25, 0.3) is 0 Å². The number of alkyl halides is 4. The SMILES string of the molecule is CC(CC(C#N)(C#N)CCC(F)(F)F)=NOCCCF. The second kappa shape index (κ2) is 8.36. The normalized spacial score (nSPS) is 12.7. The Morgan fingerprint density at radius 2 is 1.80 bits per heavy atom. The minimum Gasteiger partial charge on any atom is -0.396 e. The molecule has 0 spiro atoms. The summed E-state index contributed by atoms with van der Waals surface area (Å²) >= 11 is 0. The molecule has 0 rings (SSSR count). The number of halogens is 4. The van der Waals surface area contributed by atoms with Gasteiger partial charge in [0.15, 0.2) is 0 Å². The quantitative estimate of drug-likeness (QED) is 0.297. The van der Waals surface area contributed by atoms with Crippen LogP contribution >= 0.6 is 0 Å². The van der Waals surface area contributed by atoms with Crippen LogP contribution in [0.4, 0.5) is 17.6 Å². The van der Waals surface area contributed by atoms with E-state index in [0.29, 0.717) is 0 Å². The van der Waals surface area contributed by atoms with Crippen molar-refractivity contribution in [2.75, 3.05) is 13.3 Å². The highest BCUT2D eigenvalue weighted by molar-refractivity contribution is 5.82. The molecule has 0 aliphatic heterocycles. The van der Waals surface area contributed by atoms with Crippen LogP contribution in [0.25, 0.3) is 0 Å². The van der Waals surface area contributed by atoms with E-state index in [0.717, 1.165) is 0 Å². The lowest BCUT2D eigenvalue weighted by Gasteiger charge is -2.18. The van der Waals surface area contributed by atoms with Gasteiger partial charge in [-0.3, -0.25) is 4.39 Å². The van der Waals surface area contributed by atoms with Crippen molar-refractivity contribution < 1.29 is 22.4 Å². The van der Waals surface area contributed by atoms with E-state index in [-0.39, 0.29) is 25.2 Å². The Balaban J connectivity index is 4.61. The molecule has 0 aromatic heterocycles. The highest BCUT2D eigenvalue weighted by atomic mass is 19.4. The number of nitrogens with zero attached hydrogens (tertiary/aromatic N) is 3. The number of nitriles is 2. The van der Waals surface area contributed by atoms with E-state index in [1.54, 1.807) is 12.1 Å². The highest BCUT2D eigenvalue weighted by Gasteiger charge is 2.37. The van der Waals surface area contributed by atoms with Crippen LogP contribution in [0.1, 0.15) is 32.6 Å². The molecule has 0 aliphatic carbocycles. The fourth-order valence-corrected chi connectivity index (χ4v) is 1.40. The summed E-state index contributed by atoms with van der Waals surface area (Å²) in [4.78, 5) is 4.72. The maximum Gasteiger partial charge on any atom is 0.389 e. The van der Waals surface area contributed by atoms with Crippen LogP contribution in [0.2, 0.25) is 0 Å². The molecule has 8 heteroatoms. The lowest BCUT2D eigenvalue weighted by Crippen LogP contribution is -2.23. The van der Waals surface area contributed by atoms with E-state index >= 15 is 0 Å². The Kier molecular flexibility index (Phi) is 7.60. The zero-order chi connectivity index (χ0) is 15.6. The van der Waals surface area contributed by atoms with E-state index in [2.05, 4.69) is 5.16 Å². The van der Waals surface area contributed by atoms with Gasteiger partial charge >= 0.3 is 6.18 Å². The summed E-state index contributed by atoms with van der Waals surface area (Å²) in [6.45, 7) is 0.898. The van der Waals surface area contributed by atoms with Crippen LogP contribution in [0.5, 0.6) is 0 Å². The van der Waals surface area contributed by atoms with Crippen LogP contribution < -0.4 is 0 Å². The molecule has 0 aromatic rings. The third-order valence-electron chi connectivity index (χ3n) is 2.41. The molecule has 0 bridgehead atoms. The zero-order valence-corrected chi connectivity index (χ0v) is 11.0. The molecule has 0 N–H and O–H groups in total. The Bertz CT molecular complexity index is 392. The van der Waals surface area contributed by atoms with Crippen molar-refractivity contribution in [3.8, 4) is 12.1 Å². The van der Waals surface area contributed by atoms with Gasteiger partial charge in [-0.15, -0.1) is 0 Å². The van der Waals surface area contributed by atoms with Crippen LogP contribution in [-0.4, -0.2) is 25.2 Å². The van der Waals surface area contributed by atoms with Gasteiger partial charge in [-0.05, 0) is 13.3 Å². The molecule has 20 heavy (non-hydrogen) atoms. The Morgan fingerprint density at radius 1 is 1.20 bits per heavy atom. The Morgan fingerprint density at radius 3 is 2.25 bits per heavy atom. The summed E-state index contributed by atoms with van der Waals surface area (Å²) < 4.78 is 48.3. The van der Waals surface area contributed by atoms with Crippen molar-refractivity contribution in [3.05, 3.63) is 0 Å². The van der Waals surface area contributed by atoms with Crippen molar-refractivity contribution in [1.82, 2.24) is 0 Å². The molecule has 0 amide bonds. The molecule has 0 aliphatic rings. The molecule has 0 aromatic carbocycles. The molecule has 0 saturated heterocycles. The first-order valence-corrected chi connectivity index (χ1v) is 5.89. The van der Waals surface area contributed by atoms with Gasteiger partial charge in [-0.25, -0.2) is 0 Å². The minimum absolute atomic E-state index is 0.0303. The van der Waals surface area contributed by atoms with Crippen molar-refractivity contribution in [3.63, 3.8) is 0 Å². The highest BCUT2D eigenvalue weighted by Crippen LogP contribution is 2.33. The number of oxime groups is 1. The molecule has 4 nitrogen and oxygen atoms in total. The van der Waals surface area contributed by atoms with Gasteiger partial charge in [0.05, 0.1) is 24.5 Å². The van der Waals surface area contributed by atoms with Crippen molar-refractivity contribution >= 4 is 5.71 Å². The van der Waals surface area contributed by atoms with Crippen molar-refractivity contribution in [2.45, 2.75) is 38.8 Å². The van der Waals surface area contributed by atoms with Crippen molar-refractivity contribution in [2.24, 2.45) is 10.6 Å². The molecule has 0 radical (unpaired) electrons. The molecule has 0 saturated carbocycles. The fourth-order valence-electron chi connectivity index (χ4n) is 1.40. The molecule has 0 unspecified atom stereocenters. The second-order valence-corrected chi connectivity index (χ2v) is 4.30. The first kappa shape index (κ1) is 18.2.